The second-order valence-corrected chi connectivity index (χ2v) is 13.1. The van der Waals surface area contributed by atoms with Crippen molar-refractivity contribution in [1.29, 1.82) is 0 Å². The standard InChI is InChI=1S/C34H45FN4O2/c1-5-39-31(20-29(36-39)18-24-10-7-6-8-11-24)25-14-16-37(17-15-25)21-27-22-38(32(33(40)41)34(2,3)4)23-30(27)26-12-9-13-28(35)19-26/h6-13,19-20,25,27,30,32H,5,14-18,21-23H2,1-4H3,(H,40,41). The van der Waals surface area contributed by atoms with Gasteiger partial charge < -0.3 is 10.0 Å². The molecule has 0 saturated carbocycles. The highest BCUT2D eigenvalue weighted by molar-refractivity contribution is 5.74. The van der Waals surface area contributed by atoms with Crippen LogP contribution in [-0.2, 0) is 17.8 Å². The van der Waals surface area contributed by atoms with E-state index in [1.807, 2.05) is 32.9 Å². The third-order valence-corrected chi connectivity index (χ3v) is 9.05. The van der Waals surface area contributed by atoms with Gasteiger partial charge in [-0.2, -0.15) is 5.10 Å². The molecule has 0 aliphatic carbocycles. The van der Waals surface area contributed by atoms with Gasteiger partial charge in [-0.25, -0.2) is 4.39 Å². The van der Waals surface area contributed by atoms with Crippen molar-refractivity contribution >= 4 is 5.97 Å². The van der Waals surface area contributed by atoms with E-state index < -0.39 is 17.4 Å². The number of nitrogens with zero attached hydrogens (tertiary/aromatic N) is 4. The molecule has 2 fully saturated rings. The highest BCUT2D eigenvalue weighted by Gasteiger charge is 2.44. The van der Waals surface area contributed by atoms with Crippen LogP contribution in [0, 0.1) is 17.2 Å². The van der Waals surface area contributed by atoms with Crippen LogP contribution in [0.4, 0.5) is 4.39 Å². The van der Waals surface area contributed by atoms with Crippen molar-refractivity contribution in [3.05, 3.63) is 89.0 Å². The summed E-state index contributed by atoms with van der Waals surface area (Å²) in [6, 6.07) is 19.2. The molecule has 0 radical (unpaired) electrons. The van der Waals surface area contributed by atoms with Crippen LogP contribution < -0.4 is 0 Å². The van der Waals surface area contributed by atoms with Crippen molar-refractivity contribution in [2.45, 2.75) is 71.4 Å². The van der Waals surface area contributed by atoms with Crippen molar-refractivity contribution in [2.24, 2.45) is 11.3 Å². The zero-order chi connectivity index (χ0) is 29.1. The zero-order valence-electron chi connectivity index (χ0n) is 25.0. The molecule has 0 bridgehead atoms. The lowest BCUT2D eigenvalue weighted by molar-refractivity contribution is -0.147. The quantitative estimate of drug-likeness (QED) is 0.346. The fourth-order valence-electron chi connectivity index (χ4n) is 7.19. The molecule has 3 unspecified atom stereocenters. The van der Waals surface area contributed by atoms with E-state index >= 15 is 0 Å². The van der Waals surface area contributed by atoms with Gasteiger partial charge in [0.2, 0.25) is 0 Å². The minimum Gasteiger partial charge on any atom is -0.480 e. The van der Waals surface area contributed by atoms with Crippen LogP contribution in [0.1, 0.15) is 74.9 Å². The number of benzene rings is 2. The summed E-state index contributed by atoms with van der Waals surface area (Å²) in [7, 11) is 0. The average Bonchev–Trinajstić information content (AvgIpc) is 3.52. The Kier molecular flexibility index (Phi) is 8.95. The first-order chi connectivity index (χ1) is 19.6. The molecule has 3 heterocycles. The third kappa shape index (κ3) is 6.90. The number of aromatic nitrogens is 2. The Balaban J connectivity index is 1.27. The molecule has 2 saturated heterocycles. The highest BCUT2D eigenvalue weighted by atomic mass is 19.1. The lowest BCUT2D eigenvalue weighted by Crippen LogP contribution is -2.48. The van der Waals surface area contributed by atoms with Gasteiger partial charge in [0.25, 0.3) is 0 Å². The summed E-state index contributed by atoms with van der Waals surface area (Å²) < 4.78 is 16.4. The van der Waals surface area contributed by atoms with E-state index in [9.17, 15) is 14.3 Å². The van der Waals surface area contributed by atoms with Crippen LogP contribution >= 0.6 is 0 Å². The van der Waals surface area contributed by atoms with Gasteiger partial charge >= 0.3 is 5.97 Å². The Labute approximate surface area is 244 Å². The summed E-state index contributed by atoms with van der Waals surface area (Å²) in [5, 5.41) is 15.1. The van der Waals surface area contributed by atoms with Gasteiger partial charge in [-0.1, -0.05) is 63.2 Å². The summed E-state index contributed by atoms with van der Waals surface area (Å²) in [6.45, 7) is 13.3. The van der Waals surface area contributed by atoms with Crippen molar-refractivity contribution in [3.63, 3.8) is 0 Å². The first kappa shape index (κ1) is 29.5. The predicted octanol–water partition coefficient (Wildman–Crippen LogP) is 6.03. The van der Waals surface area contributed by atoms with Gasteiger partial charge in [0.05, 0.1) is 5.69 Å². The average molecular weight is 561 g/mol. The molecule has 2 aliphatic rings. The molecule has 41 heavy (non-hydrogen) atoms. The van der Waals surface area contributed by atoms with E-state index in [2.05, 4.69) is 51.7 Å². The molecule has 7 heteroatoms. The topological polar surface area (TPSA) is 61.6 Å². The van der Waals surface area contributed by atoms with Crippen molar-refractivity contribution in [3.8, 4) is 0 Å². The first-order valence-electron chi connectivity index (χ1n) is 15.2. The Morgan fingerprint density at radius 2 is 1.78 bits per heavy atom. The lowest BCUT2D eigenvalue weighted by atomic mass is 9.85. The molecule has 1 N–H and O–H groups in total. The van der Waals surface area contributed by atoms with Crippen LogP contribution in [0.2, 0.25) is 0 Å². The van der Waals surface area contributed by atoms with Gasteiger partial charge in [-0.3, -0.25) is 14.4 Å². The van der Waals surface area contributed by atoms with Crippen LogP contribution in [-0.4, -0.2) is 69.4 Å². The number of likely N-dealkylation sites (tertiary alicyclic amines) is 2. The summed E-state index contributed by atoms with van der Waals surface area (Å²) in [6.07, 6.45) is 3.01. The van der Waals surface area contributed by atoms with E-state index in [1.165, 1.54) is 17.3 Å². The minimum atomic E-state index is -0.781. The number of carboxylic acid groups (broad SMARTS) is 1. The smallest absolute Gasteiger partial charge is 0.321 e. The van der Waals surface area contributed by atoms with E-state index in [4.69, 9.17) is 5.10 Å². The number of hydrogen-bond acceptors (Lipinski definition) is 4. The molecule has 1 aromatic heterocycles. The second kappa shape index (κ2) is 12.5. The molecule has 5 rings (SSSR count). The van der Waals surface area contributed by atoms with E-state index in [0.717, 1.165) is 56.7 Å². The van der Waals surface area contributed by atoms with Crippen LogP contribution in [0.3, 0.4) is 0 Å². The molecule has 3 aromatic rings. The number of halogens is 1. The maximum absolute atomic E-state index is 14.2. The van der Waals surface area contributed by atoms with Crippen molar-refractivity contribution in [1.82, 2.24) is 19.6 Å². The Bertz CT molecular complexity index is 1310. The first-order valence-corrected chi connectivity index (χ1v) is 15.2. The fraction of sp³-hybridized carbons (Fsp3) is 0.529. The van der Waals surface area contributed by atoms with Gasteiger partial charge in [0.15, 0.2) is 0 Å². The molecule has 0 spiro atoms. The molecule has 0 amide bonds. The summed E-state index contributed by atoms with van der Waals surface area (Å²) in [5.41, 5.74) is 4.34. The summed E-state index contributed by atoms with van der Waals surface area (Å²) >= 11 is 0. The van der Waals surface area contributed by atoms with Crippen LogP contribution in [0.25, 0.3) is 0 Å². The Hall–Kier alpha value is -3.03. The lowest BCUT2D eigenvalue weighted by Gasteiger charge is -2.36. The Morgan fingerprint density at radius 1 is 1.05 bits per heavy atom. The molecule has 3 atom stereocenters. The minimum absolute atomic E-state index is 0.106. The van der Waals surface area contributed by atoms with Gasteiger partial charge in [-0.15, -0.1) is 0 Å². The molecular formula is C34H45FN4O2. The van der Waals surface area contributed by atoms with Crippen molar-refractivity contribution < 1.29 is 14.3 Å². The van der Waals surface area contributed by atoms with E-state index in [1.54, 1.807) is 12.1 Å². The third-order valence-electron chi connectivity index (χ3n) is 9.05. The largest absolute Gasteiger partial charge is 0.480 e. The van der Waals surface area contributed by atoms with Crippen LogP contribution in [0.5, 0.6) is 0 Å². The molecular weight excluding hydrogens is 515 g/mol. The Morgan fingerprint density at radius 3 is 2.41 bits per heavy atom. The van der Waals surface area contributed by atoms with E-state index in [0.29, 0.717) is 19.0 Å². The number of carboxylic acids is 1. The maximum Gasteiger partial charge on any atom is 0.321 e. The van der Waals surface area contributed by atoms with Gasteiger partial charge in [0.1, 0.15) is 11.9 Å². The van der Waals surface area contributed by atoms with E-state index in [-0.39, 0.29) is 17.7 Å². The normalized spacial score (nSPS) is 21.8. The number of piperidine rings is 1. The summed E-state index contributed by atoms with van der Waals surface area (Å²) in [5.74, 6) is -0.174. The maximum atomic E-state index is 14.2. The number of rotatable bonds is 9. The number of carbonyl (C=O) groups is 1. The second-order valence-electron chi connectivity index (χ2n) is 13.1. The van der Waals surface area contributed by atoms with Crippen LogP contribution in [0.15, 0.2) is 60.7 Å². The zero-order valence-corrected chi connectivity index (χ0v) is 25.0. The SMILES string of the molecule is CCn1nc(Cc2ccccc2)cc1C1CCN(CC2CN(C(C(=O)O)C(C)(C)C)CC2c2cccc(F)c2)CC1. The summed E-state index contributed by atoms with van der Waals surface area (Å²) in [4.78, 5) is 17.0. The highest BCUT2D eigenvalue weighted by Crippen LogP contribution is 2.39. The molecule has 2 aliphatic heterocycles. The molecule has 6 nitrogen and oxygen atoms in total. The fourth-order valence-corrected chi connectivity index (χ4v) is 7.19. The van der Waals surface area contributed by atoms with Gasteiger partial charge in [0, 0.05) is 50.1 Å². The monoisotopic (exact) mass is 560 g/mol. The number of aliphatic carboxylic acids is 1. The molecule has 220 valence electrons. The van der Waals surface area contributed by atoms with Gasteiger partial charge in [-0.05, 0) is 73.5 Å². The number of hydrogen-bond donors (Lipinski definition) is 1. The number of aryl methyl sites for hydroxylation is 1. The predicted molar refractivity (Wildman–Crippen MR) is 161 cm³/mol. The van der Waals surface area contributed by atoms with Crippen molar-refractivity contribution in [2.75, 3.05) is 32.7 Å². The molecule has 2 aromatic carbocycles.